The average molecular weight is 374 g/mol. The summed E-state index contributed by atoms with van der Waals surface area (Å²) in [7, 11) is 0. The van der Waals surface area contributed by atoms with E-state index in [4.69, 9.17) is 0 Å². The van der Waals surface area contributed by atoms with E-state index in [-0.39, 0.29) is 5.92 Å². The van der Waals surface area contributed by atoms with Crippen molar-refractivity contribution in [3.8, 4) is 5.75 Å². The van der Waals surface area contributed by atoms with Gasteiger partial charge in [-0.15, -0.1) is 0 Å². The van der Waals surface area contributed by atoms with Crippen molar-refractivity contribution in [3.05, 3.63) is 102 Å². The van der Waals surface area contributed by atoms with Crippen molar-refractivity contribution >= 4 is 32.3 Å². The van der Waals surface area contributed by atoms with Crippen LogP contribution in [-0.4, -0.2) is 5.11 Å². The van der Waals surface area contributed by atoms with Crippen molar-refractivity contribution in [2.24, 2.45) is 0 Å². The highest BCUT2D eigenvalue weighted by atomic mass is 16.3. The lowest BCUT2D eigenvalue weighted by Crippen LogP contribution is -2.12. The second-order valence-electron chi connectivity index (χ2n) is 8.18. The third kappa shape index (κ3) is 2.47. The van der Waals surface area contributed by atoms with Crippen LogP contribution in [0.15, 0.2) is 84.9 Å². The molecule has 1 atom stereocenters. The quantitative estimate of drug-likeness (QED) is 0.305. The third-order valence-corrected chi connectivity index (χ3v) is 6.64. The molecule has 1 heteroatoms. The Morgan fingerprint density at radius 1 is 0.586 bits per heavy atom. The number of rotatable bonds is 1. The van der Waals surface area contributed by atoms with Crippen LogP contribution in [0.3, 0.4) is 0 Å². The van der Waals surface area contributed by atoms with Crippen LogP contribution in [0.4, 0.5) is 0 Å². The first-order chi connectivity index (χ1) is 14.3. The van der Waals surface area contributed by atoms with Gasteiger partial charge in [-0.2, -0.15) is 0 Å². The fraction of sp³-hybridized carbons (Fsp3) is 0.143. The normalized spacial score (nSPS) is 16.3. The fourth-order valence-electron chi connectivity index (χ4n) is 5.37. The summed E-state index contributed by atoms with van der Waals surface area (Å²) in [5.74, 6) is 0.633. The molecule has 0 fully saturated rings. The summed E-state index contributed by atoms with van der Waals surface area (Å²) in [5.41, 5.74) is 3.92. The lowest BCUT2D eigenvalue weighted by atomic mass is 9.75. The summed E-state index contributed by atoms with van der Waals surface area (Å²) >= 11 is 0. The highest BCUT2D eigenvalue weighted by Gasteiger charge is 2.27. The van der Waals surface area contributed by atoms with Crippen molar-refractivity contribution < 1.29 is 5.11 Å². The summed E-state index contributed by atoms with van der Waals surface area (Å²) in [5, 5.41) is 18.5. The molecule has 0 amide bonds. The van der Waals surface area contributed by atoms with E-state index in [1.54, 1.807) is 0 Å². The molecule has 6 rings (SSSR count). The number of fused-ring (bicyclic) bond motifs is 6. The number of phenols is 1. The van der Waals surface area contributed by atoms with E-state index < -0.39 is 0 Å². The Bertz CT molecular complexity index is 1400. The minimum absolute atomic E-state index is 0.217. The zero-order valence-corrected chi connectivity index (χ0v) is 16.2. The maximum atomic E-state index is 10.9. The Hall–Kier alpha value is -3.32. The van der Waals surface area contributed by atoms with Crippen molar-refractivity contribution in [2.45, 2.75) is 25.2 Å². The van der Waals surface area contributed by atoms with E-state index in [0.717, 1.165) is 24.8 Å². The van der Waals surface area contributed by atoms with Crippen molar-refractivity contribution in [3.63, 3.8) is 0 Å². The Morgan fingerprint density at radius 3 is 2.14 bits per heavy atom. The van der Waals surface area contributed by atoms with E-state index in [0.29, 0.717) is 5.75 Å². The summed E-state index contributed by atoms with van der Waals surface area (Å²) in [6.45, 7) is 0. The van der Waals surface area contributed by atoms with Gasteiger partial charge in [-0.05, 0) is 68.8 Å². The molecular formula is C28H22O. The Balaban J connectivity index is 1.70. The number of hydrogen-bond acceptors (Lipinski definition) is 1. The first-order valence-electron chi connectivity index (χ1n) is 10.4. The number of benzene rings is 5. The minimum atomic E-state index is 0.217. The Morgan fingerprint density at radius 2 is 1.28 bits per heavy atom. The van der Waals surface area contributed by atoms with Gasteiger partial charge in [0.2, 0.25) is 0 Å². The lowest BCUT2D eigenvalue weighted by molar-refractivity contribution is 0.461. The standard InChI is InChI=1S/C28H22O/c29-26-17-14-19-7-2-4-10-22(19)28(26)25-11-5-8-20-13-15-23-21-9-3-1-6-18(21)12-16-24(23)27(20)25/h1-4,6-7,9-10,12-17,25,29H,5,8,11H2. The third-order valence-electron chi connectivity index (χ3n) is 6.64. The van der Waals surface area contributed by atoms with E-state index in [9.17, 15) is 5.11 Å². The first-order valence-corrected chi connectivity index (χ1v) is 10.4. The minimum Gasteiger partial charge on any atom is -0.508 e. The number of aromatic hydroxyl groups is 1. The lowest BCUT2D eigenvalue weighted by Gasteiger charge is -2.29. The van der Waals surface area contributed by atoms with Gasteiger partial charge >= 0.3 is 0 Å². The fourth-order valence-corrected chi connectivity index (χ4v) is 5.37. The highest BCUT2D eigenvalue weighted by Crippen LogP contribution is 2.46. The van der Waals surface area contributed by atoms with Gasteiger partial charge in [0.25, 0.3) is 0 Å². The van der Waals surface area contributed by atoms with Crippen LogP contribution in [0.2, 0.25) is 0 Å². The van der Waals surface area contributed by atoms with Gasteiger partial charge in [-0.25, -0.2) is 0 Å². The predicted octanol–water partition coefficient (Wildman–Crippen LogP) is 7.32. The summed E-state index contributed by atoms with van der Waals surface area (Å²) < 4.78 is 0. The van der Waals surface area contributed by atoms with Crippen molar-refractivity contribution in [2.75, 3.05) is 0 Å². The van der Waals surface area contributed by atoms with Crippen molar-refractivity contribution in [1.29, 1.82) is 0 Å². The number of hydrogen-bond donors (Lipinski definition) is 1. The van der Waals surface area contributed by atoms with Gasteiger partial charge in [-0.1, -0.05) is 78.9 Å². The van der Waals surface area contributed by atoms with Gasteiger partial charge < -0.3 is 5.11 Å². The van der Waals surface area contributed by atoms with Crippen LogP contribution in [0.5, 0.6) is 5.75 Å². The molecule has 0 aromatic heterocycles. The maximum absolute atomic E-state index is 10.9. The molecule has 1 aliphatic rings. The molecule has 5 aromatic rings. The van der Waals surface area contributed by atoms with Crippen LogP contribution in [-0.2, 0) is 6.42 Å². The Labute approximate surface area is 170 Å². The molecule has 0 bridgehead atoms. The van der Waals surface area contributed by atoms with Gasteiger partial charge in [0.05, 0.1) is 0 Å². The molecule has 5 aromatic carbocycles. The zero-order chi connectivity index (χ0) is 19.4. The van der Waals surface area contributed by atoms with Crippen LogP contribution < -0.4 is 0 Å². The molecule has 1 aliphatic carbocycles. The largest absolute Gasteiger partial charge is 0.508 e. The molecule has 1 nitrogen and oxygen atoms in total. The molecular weight excluding hydrogens is 352 g/mol. The van der Waals surface area contributed by atoms with Crippen LogP contribution in [0.25, 0.3) is 32.3 Å². The van der Waals surface area contributed by atoms with E-state index in [2.05, 4.69) is 72.8 Å². The van der Waals surface area contributed by atoms with Gasteiger partial charge in [-0.3, -0.25) is 0 Å². The molecule has 1 N–H and O–H groups in total. The maximum Gasteiger partial charge on any atom is 0.120 e. The molecule has 0 heterocycles. The van der Waals surface area contributed by atoms with E-state index in [1.807, 2.05) is 12.1 Å². The molecule has 0 aliphatic heterocycles. The zero-order valence-electron chi connectivity index (χ0n) is 16.2. The van der Waals surface area contributed by atoms with Gasteiger partial charge in [0, 0.05) is 11.5 Å². The predicted molar refractivity (Wildman–Crippen MR) is 122 cm³/mol. The topological polar surface area (TPSA) is 20.2 Å². The monoisotopic (exact) mass is 374 g/mol. The molecule has 1 unspecified atom stereocenters. The molecule has 0 saturated heterocycles. The second kappa shape index (κ2) is 6.35. The van der Waals surface area contributed by atoms with Gasteiger partial charge in [0.1, 0.15) is 5.75 Å². The molecule has 140 valence electrons. The summed E-state index contributed by atoms with van der Waals surface area (Å²) in [6.07, 6.45) is 3.33. The van der Waals surface area contributed by atoms with Gasteiger partial charge in [0.15, 0.2) is 0 Å². The molecule has 0 radical (unpaired) electrons. The first kappa shape index (κ1) is 16.6. The number of aryl methyl sites for hydroxylation is 1. The molecule has 0 saturated carbocycles. The molecule has 0 spiro atoms. The Kier molecular flexibility index (Phi) is 3.64. The van der Waals surface area contributed by atoms with Crippen LogP contribution in [0, 0.1) is 0 Å². The SMILES string of the molecule is Oc1ccc2ccccc2c1C1CCCc2ccc3c(ccc4ccccc43)c21. The summed E-state index contributed by atoms with van der Waals surface area (Å²) in [6, 6.07) is 30.1. The van der Waals surface area contributed by atoms with Crippen LogP contribution >= 0.6 is 0 Å². The summed E-state index contributed by atoms with van der Waals surface area (Å²) in [4.78, 5) is 0. The van der Waals surface area contributed by atoms with E-state index in [1.165, 1.54) is 43.4 Å². The second-order valence-corrected chi connectivity index (χ2v) is 8.18. The number of phenolic OH excluding ortho intramolecular Hbond substituents is 1. The smallest absolute Gasteiger partial charge is 0.120 e. The average Bonchev–Trinajstić information content (AvgIpc) is 2.78. The van der Waals surface area contributed by atoms with Crippen LogP contribution in [0.1, 0.15) is 35.4 Å². The van der Waals surface area contributed by atoms with Crippen molar-refractivity contribution in [1.82, 2.24) is 0 Å². The molecule has 29 heavy (non-hydrogen) atoms. The van der Waals surface area contributed by atoms with E-state index >= 15 is 0 Å². The highest BCUT2D eigenvalue weighted by molar-refractivity contribution is 6.09.